The number of alkyl halides is 3. The third-order valence-electron chi connectivity index (χ3n) is 3.69. The van der Waals surface area contributed by atoms with Crippen LogP contribution in [-0.2, 0) is 6.18 Å². The number of hydrogen-bond donors (Lipinski definition) is 2. The molecule has 1 heterocycles. The second-order valence-corrected chi connectivity index (χ2v) is 5.82. The maximum Gasteiger partial charge on any atom is 0.418 e. The van der Waals surface area contributed by atoms with Crippen molar-refractivity contribution in [3.05, 3.63) is 50.3 Å². The normalized spacial score (nSPS) is 10.8. The number of anilines is 2. The molecule has 1 aromatic carbocycles. The summed E-state index contributed by atoms with van der Waals surface area (Å²) in [6.45, 7) is 3.90. The number of nitrogens with one attached hydrogen (secondary N) is 1. The Hall–Kier alpha value is -3.38. The van der Waals surface area contributed by atoms with Gasteiger partial charge in [0, 0.05) is 31.5 Å². The fourth-order valence-corrected chi connectivity index (χ4v) is 2.62. The number of rotatable bonds is 7. The van der Waals surface area contributed by atoms with Crippen LogP contribution in [0.15, 0.2) is 24.5 Å². The Morgan fingerprint density at radius 2 is 1.76 bits per heavy atom. The van der Waals surface area contributed by atoms with Gasteiger partial charge in [0.1, 0.15) is 5.69 Å². The van der Waals surface area contributed by atoms with Crippen LogP contribution < -0.4 is 10.6 Å². The number of hydrogen-bond acceptors (Lipinski definition) is 7. The SMILES string of the molecule is CCCN(CCC)c1c([N+](=O)[O-])cc(C(F)(F)F)c(N)c1[N+](=O)[O-].c1cn[nH]c1. The van der Waals surface area contributed by atoms with E-state index in [2.05, 4.69) is 10.2 Å². The van der Waals surface area contributed by atoms with E-state index in [0.29, 0.717) is 12.8 Å². The number of nitrogens with zero attached hydrogens (tertiary/aromatic N) is 4. The fraction of sp³-hybridized carbons (Fsp3) is 0.438. The number of nitrogens with two attached hydrogens (primary N) is 1. The molecule has 0 fully saturated rings. The summed E-state index contributed by atoms with van der Waals surface area (Å²) in [7, 11) is 0. The van der Waals surface area contributed by atoms with E-state index in [1.54, 1.807) is 26.2 Å². The molecule has 0 saturated heterocycles. The monoisotopic (exact) mass is 418 g/mol. The van der Waals surface area contributed by atoms with Gasteiger partial charge in [0.25, 0.3) is 5.69 Å². The molecule has 0 bridgehead atoms. The molecule has 10 nitrogen and oxygen atoms in total. The summed E-state index contributed by atoms with van der Waals surface area (Å²) in [4.78, 5) is 21.7. The van der Waals surface area contributed by atoms with Crippen molar-refractivity contribution in [3.8, 4) is 0 Å². The summed E-state index contributed by atoms with van der Waals surface area (Å²) in [5.74, 6) is 0. The van der Waals surface area contributed by atoms with Crippen LogP contribution in [0.1, 0.15) is 32.3 Å². The maximum atomic E-state index is 13.0. The lowest BCUT2D eigenvalue weighted by atomic mass is 10.1. The Morgan fingerprint density at radius 1 is 1.17 bits per heavy atom. The van der Waals surface area contributed by atoms with Gasteiger partial charge in [-0.05, 0) is 18.9 Å². The molecule has 29 heavy (non-hydrogen) atoms. The number of H-pyrrole nitrogens is 1. The first-order chi connectivity index (χ1) is 13.6. The van der Waals surface area contributed by atoms with Crippen molar-refractivity contribution >= 4 is 22.7 Å². The van der Waals surface area contributed by atoms with Crippen molar-refractivity contribution in [2.75, 3.05) is 23.7 Å². The molecule has 0 atom stereocenters. The van der Waals surface area contributed by atoms with Crippen LogP contribution in [0.25, 0.3) is 0 Å². The highest BCUT2D eigenvalue weighted by molar-refractivity contribution is 5.86. The number of nitro groups is 2. The van der Waals surface area contributed by atoms with Crippen molar-refractivity contribution in [1.82, 2.24) is 10.2 Å². The van der Waals surface area contributed by atoms with Crippen molar-refractivity contribution < 1.29 is 23.0 Å². The highest BCUT2D eigenvalue weighted by atomic mass is 19.4. The van der Waals surface area contributed by atoms with E-state index in [-0.39, 0.29) is 19.2 Å². The lowest BCUT2D eigenvalue weighted by molar-refractivity contribution is -0.392. The van der Waals surface area contributed by atoms with Gasteiger partial charge in [0.2, 0.25) is 0 Å². The highest BCUT2D eigenvalue weighted by Gasteiger charge is 2.42. The third-order valence-corrected chi connectivity index (χ3v) is 3.69. The molecule has 0 unspecified atom stereocenters. The lowest BCUT2D eigenvalue weighted by Gasteiger charge is -2.24. The Morgan fingerprint density at radius 3 is 2.07 bits per heavy atom. The quantitative estimate of drug-likeness (QED) is 0.390. The Labute approximate surface area is 163 Å². The topological polar surface area (TPSA) is 144 Å². The molecule has 3 N–H and O–H groups in total. The fourth-order valence-electron chi connectivity index (χ4n) is 2.62. The van der Waals surface area contributed by atoms with Crippen molar-refractivity contribution in [1.29, 1.82) is 0 Å². The van der Waals surface area contributed by atoms with E-state index in [9.17, 15) is 33.4 Å². The number of halogens is 3. The first-order valence-corrected chi connectivity index (χ1v) is 8.57. The number of nitro benzene ring substituents is 2. The van der Waals surface area contributed by atoms with E-state index < -0.39 is 44.3 Å². The zero-order chi connectivity index (χ0) is 22.2. The Kier molecular flexibility index (Phi) is 8.36. The van der Waals surface area contributed by atoms with Gasteiger partial charge in [-0.3, -0.25) is 25.3 Å². The van der Waals surface area contributed by atoms with E-state index >= 15 is 0 Å². The molecule has 13 heteroatoms. The van der Waals surface area contributed by atoms with Gasteiger partial charge in [-0.1, -0.05) is 13.8 Å². The Balaban J connectivity index is 0.000000726. The van der Waals surface area contributed by atoms with Gasteiger partial charge < -0.3 is 10.6 Å². The van der Waals surface area contributed by atoms with Gasteiger partial charge in [0.05, 0.1) is 15.4 Å². The van der Waals surface area contributed by atoms with E-state index in [4.69, 9.17) is 5.73 Å². The van der Waals surface area contributed by atoms with Crippen LogP contribution in [0.5, 0.6) is 0 Å². The van der Waals surface area contributed by atoms with Gasteiger partial charge in [0.15, 0.2) is 5.69 Å². The zero-order valence-electron chi connectivity index (χ0n) is 15.8. The largest absolute Gasteiger partial charge is 0.418 e. The average Bonchev–Trinajstić information content (AvgIpc) is 3.19. The highest BCUT2D eigenvalue weighted by Crippen LogP contribution is 2.48. The molecular formula is C16H21F3N6O4. The number of nitrogen functional groups attached to an aromatic ring is 1. The van der Waals surface area contributed by atoms with Gasteiger partial charge in [-0.2, -0.15) is 18.3 Å². The predicted molar refractivity (Wildman–Crippen MR) is 101 cm³/mol. The number of benzene rings is 1. The summed E-state index contributed by atoms with van der Waals surface area (Å²) in [5.41, 5.74) is 0.101. The summed E-state index contributed by atoms with van der Waals surface area (Å²) < 4.78 is 39.1. The van der Waals surface area contributed by atoms with Crippen LogP contribution in [0.3, 0.4) is 0 Å². The van der Waals surface area contributed by atoms with Crippen molar-refractivity contribution in [2.45, 2.75) is 32.9 Å². The molecular weight excluding hydrogens is 397 g/mol. The molecule has 0 amide bonds. The first-order valence-electron chi connectivity index (χ1n) is 8.57. The second-order valence-electron chi connectivity index (χ2n) is 5.82. The second kappa shape index (κ2) is 10.2. The number of aromatic amines is 1. The molecule has 1 aromatic heterocycles. The zero-order valence-corrected chi connectivity index (χ0v) is 15.8. The van der Waals surface area contributed by atoms with Crippen LogP contribution in [0, 0.1) is 20.2 Å². The molecule has 160 valence electrons. The maximum absolute atomic E-state index is 13.0. The smallest absolute Gasteiger partial charge is 0.393 e. The number of aromatic nitrogens is 2. The minimum Gasteiger partial charge on any atom is -0.393 e. The minimum absolute atomic E-state index is 0.209. The molecule has 0 aliphatic carbocycles. The van der Waals surface area contributed by atoms with Gasteiger partial charge in [-0.15, -0.1) is 0 Å². The minimum atomic E-state index is -5.04. The van der Waals surface area contributed by atoms with E-state index in [0.717, 1.165) is 0 Å². The first kappa shape index (κ1) is 23.7. The van der Waals surface area contributed by atoms with Gasteiger partial charge in [-0.25, -0.2) is 0 Å². The van der Waals surface area contributed by atoms with Gasteiger partial charge >= 0.3 is 11.9 Å². The summed E-state index contributed by atoms with van der Waals surface area (Å²) in [5, 5.41) is 28.8. The molecule has 0 aliphatic heterocycles. The average molecular weight is 418 g/mol. The Bertz CT molecular complexity index is 804. The lowest BCUT2D eigenvalue weighted by Crippen LogP contribution is -2.27. The van der Waals surface area contributed by atoms with Crippen LogP contribution >= 0.6 is 0 Å². The molecule has 0 spiro atoms. The standard InChI is InChI=1S/C13H17F3N4O4.C3H4N2/c1-3-5-18(6-4-2)11-9(19(21)22)7-8(13(14,15)16)10(17)12(11)20(23)24;1-2-4-5-3-1/h7H,3-6,17H2,1-2H3;1-3H,(H,4,5). The van der Waals surface area contributed by atoms with Crippen LogP contribution in [0.4, 0.5) is 35.9 Å². The summed E-state index contributed by atoms with van der Waals surface area (Å²) in [6, 6.07) is 2.09. The third kappa shape index (κ3) is 6.05. The molecule has 2 aromatic rings. The van der Waals surface area contributed by atoms with Crippen LogP contribution in [-0.4, -0.2) is 33.1 Å². The van der Waals surface area contributed by atoms with Crippen LogP contribution in [0.2, 0.25) is 0 Å². The summed E-state index contributed by atoms with van der Waals surface area (Å²) in [6.07, 6.45) is -0.594. The summed E-state index contributed by atoms with van der Waals surface area (Å²) >= 11 is 0. The van der Waals surface area contributed by atoms with E-state index in [1.165, 1.54) is 4.90 Å². The van der Waals surface area contributed by atoms with Crippen molar-refractivity contribution in [2.24, 2.45) is 0 Å². The van der Waals surface area contributed by atoms with Crippen molar-refractivity contribution in [3.63, 3.8) is 0 Å². The molecule has 2 rings (SSSR count). The predicted octanol–water partition coefficient (Wildman–Crippen LogP) is 4.14. The molecule has 0 saturated carbocycles. The molecule has 0 radical (unpaired) electrons. The van der Waals surface area contributed by atoms with E-state index in [1.807, 2.05) is 6.07 Å². The molecule has 0 aliphatic rings.